The molecule has 1 aliphatic heterocycles. The Morgan fingerprint density at radius 1 is 1.14 bits per heavy atom. The molecular weight excluding hydrogens is 377 g/mol. The van der Waals surface area contributed by atoms with Crippen molar-refractivity contribution in [1.29, 1.82) is 0 Å². The number of anilines is 1. The summed E-state index contributed by atoms with van der Waals surface area (Å²) in [5, 5.41) is 6.16. The first kappa shape index (κ1) is 19.5. The quantitative estimate of drug-likeness (QED) is 0.836. The SMILES string of the molecule is COc1ccc(C2=NOC(C(=O)Nc3ccccc3C(F)(F)F)C2)cc1OC. The van der Waals surface area contributed by atoms with Crippen LogP contribution in [0, 0.1) is 0 Å². The second-order valence-electron chi connectivity index (χ2n) is 5.94. The van der Waals surface area contributed by atoms with Crippen molar-refractivity contribution < 1.29 is 32.3 Å². The molecule has 1 heterocycles. The molecule has 0 radical (unpaired) electrons. The van der Waals surface area contributed by atoms with Crippen LogP contribution in [0.15, 0.2) is 47.6 Å². The average molecular weight is 394 g/mol. The predicted molar refractivity (Wildman–Crippen MR) is 95.6 cm³/mol. The third-order valence-electron chi connectivity index (χ3n) is 4.17. The van der Waals surface area contributed by atoms with E-state index >= 15 is 0 Å². The molecule has 0 aromatic heterocycles. The van der Waals surface area contributed by atoms with Gasteiger partial charge in [0.25, 0.3) is 5.91 Å². The Labute approximate surface area is 158 Å². The molecule has 0 spiro atoms. The first-order valence-corrected chi connectivity index (χ1v) is 8.25. The Bertz CT molecular complexity index is 912. The number of methoxy groups -OCH3 is 2. The molecule has 6 nitrogen and oxygen atoms in total. The Hall–Kier alpha value is -3.23. The van der Waals surface area contributed by atoms with Gasteiger partial charge in [0.2, 0.25) is 6.10 Å². The highest BCUT2D eigenvalue weighted by Crippen LogP contribution is 2.35. The van der Waals surface area contributed by atoms with Crippen LogP contribution >= 0.6 is 0 Å². The summed E-state index contributed by atoms with van der Waals surface area (Å²) in [7, 11) is 3.00. The molecule has 2 aromatic rings. The molecule has 2 aromatic carbocycles. The minimum absolute atomic E-state index is 0.107. The van der Waals surface area contributed by atoms with Gasteiger partial charge in [0.1, 0.15) is 0 Å². The summed E-state index contributed by atoms with van der Waals surface area (Å²) >= 11 is 0. The molecule has 1 unspecified atom stereocenters. The Morgan fingerprint density at radius 3 is 2.54 bits per heavy atom. The standard InChI is InChI=1S/C19H17F3N2O4/c1-26-15-8-7-11(9-16(15)27-2)14-10-17(28-24-14)18(25)23-13-6-4-3-5-12(13)19(20,21)22/h3-9,17H,10H2,1-2H3,(H,23,25). The zero-order chi connectivity index (χ0) is 20.3. The Balaban J connectivity index is 1.71. The van der Waals surface area contributed by atoms with Crippen LogP contribution in [0.4, 0.5) is 18.9 Å². The molecule has 0 aliphatic carbocycles. The van der Waals surface area contributed by atoms with Crippen molar-refractivity contribution in [3.05, 3.63) is 53.6 Å². The van der Waals surface area contributed by atoms with Crippen molar-refractivity contribution in [2.24, 2.45) is 5.16 Å². The van der Waals surface area contributed by atoms with Gasteiger partial charge in [-0.3, -0.25) is 4.79 Å². The Kier molecular flexibility index (Phi) is 5.43. The number of carbonyl (C=O) groups is 1. The second-order valence-corrected chi connectivity index (χ2v) is 5.94. The summed E-state index contributed by atoms with van der Waals surface area (Å²) in [5.74, 6) is 0.300. The third-order valence-corrected chi connectivity index (χ3v) is 4.17. The van der Waals surface area contributed by atoms with Gasteiger partial charge in [0, 0.05) is 12.0 Å². The molecule has 28 heavy (non-hydrogen) atoms. The zero-order valence-electron chi connectivity index (χ0n) is 15.0. The molecule has 148 valence electrons. The average Bonchev–Trinajstić information content (AvgIpc) is 3.17. The summed E-state index contributed by atoms with van der Waals surface area (Å²) in [4.78, 5) is 17.5. The topological polar surface area (TPSA) is 69.2 Å². The van der Waals surface area contributed by atoms with E-state index in [1.165, 1.54) is 32.4 Å². The highest BCUT2D eigenvalue weighted by molar-refractivity contribution is 6.06. The number of rotatable bonds is 5. The molecule has 3 rings (SSSR count). The van der Waals surface area contributed by atoms with Gasteiger partial charge in [-0.15, -0.1) is 0 Å². The number of halogens is 3. The van der Waals surface area contributed by atoms with Crippen LogP contribution in [0.3, 0.4) is 0 Å². The van der Waals surface area contributed by atoms with Crippen LogP contribution in [-0.4, -0.2) is 31.9 Å². The van der Waals surface area contributed by atoms with Gasteiger partial charge in [-0.25, -0.2) is 0 Å². The number of oxime groups is 1. The number of benzene rings is 2. The summed E-state index contributed by atoms with van der Waals surface area (Å²) in [5.41, 5.74) is -0.126. The maximum absolute atomic E-state index is 13.1. The van der Waals surface area contributed by atoms with Gasteiger partial charge in [0.05, 0.1) is 31.2 Å². The number of carbonyl (C=O) groups excluding carboxylic acids is 1. The molecule has 0 fully saturated rings. The molecule has 0 bridgehead atoms. The van der Waals surface area contributed by atoms with Gasteiger partial charge in [-0.05, 0) is 30.3 Å². The van der Waals surface area contributed by atoms with E-state index in [0.717, 1.165) is 6.07 Å². The minimum Gasteiger partial charge on any atom is -0.493 e. The van der Waals surface area contributed by atoms with Crippen molar-refractivity contribution in [3.8, 4) is 11.5 Å². The van der Waals surface area contributed by atoms with Gasteiger partial charge >= 0.3 is 6.18 Å². The lowest BCUT2D eigenvalue weighted by Gasteiger charge is -2.15. The number of hydrogen-bond donors (Lipinski definition) is 1. The van der Waals surface area contributed by atoms with E-state index in [2.05, 4.69) is 10.5 Å². The lowest BCUT2D eigenvalue weighted by molar-refractivity contribution is -0.137. The van der Waals surface area contributed by atoms with E-state index in [1.54, 1.807) is 18.2 Å². The van der Waals surface area contributed by atoms with Crippen LogP contribution in [0.2, 0.25) is 0 Å². The number of hydrogen-bond acceptors (Lipinski definition) is 5. The number of nitrogens with one attached hydrogen (secondary N) is 1. The number of para-hydroxylation sites is 1. The van der Waals surface area contributed by atoms with Gasteiger partial charge in [-0.1, -0.05) is 17.3 Å². The first-order chi connectivity index (χ1) is 13.3. The molecule has 1 aliphatic rings. The number of alkyl halides is 3. The highest BCUT2D eigenvalue weighted by atomic mass is 19.4. The number of amides is 1. The van der Waals surface area contributed by atoms with Crippen LogP contribution in [0.1, 0.15) is 17.5 Å². The van der Waals surface area contributed by atoms with Crippen molar-refractivity contribution >= 4 is 17.3 Å². The molecular formula is C19H17F3N2O4. The number of nitrogens with zero attached hydrogens (tertiary/aromatic N) is 1. The lowest BCUT2D eigenvalue weighted by Crippen LogP contribution is -2.29. The monoisotopic (exact) mass is 394 g/mol. The minimum atomic E-state index is -4.58. The Morgan fingerprint density at radius 2 is 1.86 bits per heavy atom. The molecule has 0 saturated heterocycles. The van der Waals surface area contributed by atoms with Crippen LogP contribution < -0.4 is 14.8 Å². The molecule has 1 atom stereocenters. The van der Waals surface area contributed by atoms with E-state index in [4.69, 9.17) is 14.3 Å². The summed E-state index contributed by atoms with van der Waals surface area (Å²) in [6.45, 7) is 0. The van der Waals surface area contributed by atoms with Gasteiger partial charge in [0.15, 0.2) is 11.5 Å². The maximum atomic E-state index is 13.1. The number of ether oxygens (including phenoxy) is 2. The largest absolute Gasteiger partial charge is 0.493 e. The summed E-state index contributed by atoms with van der Waals surface area (Å²) < 4.78 is 49.6. The molecule has 0 saturated carbocycles. The third kappa shape index (κ3) is 4.03. The van der Waals surface area contributed by atoms with E-state index in [9.17, 15) is 18.0 Å². The van der Waals surface area contributed by atoms with Crippen LogP contribution in [0.5, 0.6) is 11.5 Å². The van der Waals surface area contributed by atoms with Crippen LogP contribution in [0.25, 0.3) is 0 Å². The van der Waals surface area contributed by atoms with E-state index in [-0.39, 0.29) is 12.1 Å². The summed E-state index contributed by atoms with van der Waals surface area (Å²) in [6, 6.07) is 9.84. The maximum Gasteiger partial charge on any atom is 0.418 e. The van der Waals surface area contributed by atoms with Gasteiger partial charge < -0.3 is 19.6 Å². The molecule has 1 amide bonds. The van der Waals surface area contributed by atoms with Crippen LogP contribution in [-0.2, 0) is 15.8 Å². The fraction of sp³-hybridized carbons (Fsp3) is 0.263. The molecule has 1 N–H and O–H groups in total. The van der Waals surface area contributed by atoms with Crippen molar-refractivity contribution in [1.82, 2.24) is 0 Å². The van der Waals surface area contributed by atoms with Crippen molar-refractivity contribution in [2.45, 2.75) is 18.7 Å². The molecule has 9 heteroatoms. The smallest absolute Gasteiger partial charge is 0.418 e. The van der Waals surface area contributed by atoms with Crippen molar-refractivity contribution in [2.75, 3.05) is 19.5 Å². The fourth-order valence-corrected chi connectivity index (χ4v) is 2.76. The normalized spacial score (nSPS) is 16.2. The highest BCUT2D eigenvalue weighted by Gasteiger charge is 2.35. The first-order valence-electron chi connectivity index (χ1n) is 8.25. The lowest BCUT2D eigenvalue weighted by atomic mass is 10.0. The predicted octanol–water partition coefficient (Wildman–Crippen LogP) is 3.85. The van der Waals surface area contributed by atoms with E-state index in [0.29, 0.717) is 22.8 Å². The fourth-order valence-electron chi connectivity index (χ4n) is 2.76. The van der Waals surface area contributed by atoms with E-state index in [1.807, 2.05) is 0 Å². The van der Waals surface area contributed by atoms with Gasteiger partial charge in [-0.2, -0.15) is 13.2 Å². The summed E-state index contributed by atoms with van der Waals surface area (Å²) in [6.07, 6.45) is -5.51. The second kappa shape index (κ2) is 7.79. The van der Waals surface area contributed by atoms with E-state index < -0.39 is 23.8 Å². The zero-order valence-corrected chi connectivity index (χ0v) is 15.0. The van der Waals surface area contributed by atoms with Crippen molar-refractivity contribution in [3.63, 3.8) is 0 Å².